The molecule has 1 aromatic carbocycles. The molecule has 0 aliphatic carbocycles. The SMILES string of the molecule is Cc1ccc([Si](C)(C)C)c(B2OC(C)(C)C(C)(C)O2)c1. The molecular weight excluding hydrogens is 263 g/mol. The molecule has 0 spiro atoms. The molecule has 1 saturated heterocycles. The second-order valence-electron chi connectivity index (χ2n) is 7.93. The maximum Gasteiger partial charge on any atom is 0.494 e. The van der Waals surface area contributed by atoms with Crippen molar-refractivity contribution in [1.29, 1.82) is 0 Å². The molecule has 110 valence electrons. The van der Waals surface area contributed by atoms with Crippen molar-refractivity contribution in [2.24, 2.45) is 0 Å². The minimum atomic E-state index is -1.42. The first-order chi connectivity index (χ1) is 8.94. The first-order valence-corrected chi connectivity index (χ1v) is 10.9. The molecule has 2 rings (SSSR count). The van der Waals surface area contributed by atoms with Crippen LogP contribution in [0.2, 0.25) is 19.6 Å². The zero-order chi connectivity index (χ0) is 15.3. The van der Waals surface area contributed by atoms with Gasteiger partial charge < -0.3 is 9.31 Å². The summed E-state index contributed by atoms with van der Waals surface area (Å²) in [7, 11) is -1.67. The summed E-state index contributed by atoms with van der Waals surface area (Å²) in [6.45, 7) is 17.7. The zero-order valence-electron chi connectivity index (χ0n) is 14.1. The maximum absolute atomic E-state index is 6.24. The Kier molecular flexibility index (Phi) is 3.73. The summed E-state index contributed by atoms with van der Waals surface area (Å²) in [5, 5.41) is 1.43. The van der Waals surface area contributed by atoms with Gasteiger partial charge in [0, 0.05) is 0 Å². The molecule has 0 radical (unpaired) electrons. The van der Waals surface area contributed by atoms with E-state index in [0.29, 0.717) is 0 Å². The third-order valence-electron chi connectivity index (χ3n) is 4.52. The molecule has 1 aromatic rings. The summed E-state index contributed by atoms with van der Waals surface area (Å²) in [4.78, 5) is 0. The van der Waals surface area contributed by atoms with E-state index in [1.165, 1.54) is 16.2 Å². The minimum Gasteiger partial charge on any atom is -0.399 e. The Balaban J connectivity index is 2.47. The Morgan fingerprint density at radius 2 is 1.45 bits per heavy atom. The molecule has 20 heavy (non-hydrogen) atoms. The average molecular weight is 290 g/mol. The Morgan fingerprint density at radius 1 is 0.950 bits per heavy atom. The highest BCUT2D eigenvalue weighted by molar-refractivity contribution is 6.92. The minimum absolute atomic E-state index is 0.248. The summed E-state index contributed by atoms with van der Waals surface area (Å²) in [5.74, 6) is 0. The van der Waals surface area contributed by atoms with E-state index in [2.05, 4.69) is 72.5 Å². The van der Waals surface area contributed by atoms with Crippen LogP contribution >= 0.6 is 0 Å². The number of hydrogen-bond acceptors (Lipinski definition) is 2. The lowest BCUT2D eigenvalue weighted by Crippen LogP contribution is -2.54. The normalized spacial score (nSPS) is 21.3. The molecule has 1 heterocycles. The maximum atomic E-state index is 6.24. The molecule has 0 unspecified atom stereocenters. The predicted octanol–water partition coefficient (Wildman–Crippen LogP) is 2.84. The van der Waals surface area contributed by atoms with Crippen molar-refractivity contribution in [3.8, 4) is 0 Å². The van der Waals surface area contributed by atoms with Crippen LogP contribution in [-0.2, 0) is 9.31 Å². The number of aryl methyl sites for hydroxylation is 1. The largest absolute Gasteiger partial charge is 0.494 e. The number of rotatable bonds is 2. The van der Waals surface area contributed by atoms with Crippen molar-refractivity contribution in [3.63, 3.8) is 0 Å². The molecule has 1 aliphatic heterocycles. The number of benzene rings is 1. The van der Waals surface area contributed by atoms with E-state index >= 15 is 0 Å². The summed E-state index contributed by atoms with van der Waals surface area (Å²) >= 11 is 0. The van der Waals surface area contributed by atoms with Gasteiger partial charge in [0.2, 0.25) is 0 Å². The van der Waals surface area contributed by atoms with Gasteiger partial charge >= 0.3 is 7.12 Å². The Bertz CT molecular complexity index is 502. The van der Waals surface area contributed by atoms with Gasteiger partial charge in [-0.25, -0.2) is 0 Å². The lowest BCUT2D eigenvalue weighted by molar-refractivity contribution is 0.00578. The van der Waals surface area contributed by atoms with E-state index < -0.39 is 8.07 Å². The van der Waals surface area contributed by atoms with Crippen molar-refractivity contribution in [2.75, 3.05) is 0 Å². The van der Waals surface area contributed by atoms with E-state index in [1.54, 1.807) is 0 Å². The highest BCUT2D eigenvalue weighted by Gasteiger charge is 2.52. The van der Waals surface area contributed by atoms with Crippen LogP contribution in [0.5, 0.6) is 0 Å². The fourth-order valence-corrected chi connectivity index (χ4v) is 4.17. The molecular formula is C16H27BO2Si. The van der Waals surface area contributed by atoms with Crippen molar-refractivity contribution in [1.82, 2.24) is 0 Å². The van der Waals surface area contributed by atoms with Crippen LogP contribution in [0.1, 0.15) is 33.3 Å². The van der Waals surface area contributed by atoms with E-state index in [-0.39, 0.29) is 18.3 Å². The molecule has 2 nitrogen and oxygen atoms in total. The van der Waals surface area contributed by atoms with Crippen LogP contribution in [0.4, 0.5) is 0 Å². The highest BCUT2D eigenvalue weighted by atomic mass is 28.3. The molecule has 0 amide bonds. The Morgan fingerprint density at radius 3 is 1.90 bits per heavy atom. The summed E-state index contributed by atoms with van der Waals surface area (Å²) < 4.78 is 12.5. The van der Waals surface area contributed by atoms with Gasteiger partial charge in [-0.3, -0.25) is 0 Å². The lowest BCUT2D eigenvalue weighted by atomic mass is 9.78. The van der Waals surface area contributed by atoms with Crippen LogP contribution in [0.3, 0.4) is 0 Å². The highest BCUT2D eigenvalue weighted by Crippen LogP contribution is 2.36. The molecule has 0 atom stereocenters. The fraction of sp³-hybridized carbons (Fsp3) is 0.625. The van der Waals surface area contributed by atoms with E-state index in [9.17, 15) is 0 Å². The van der Waals surface area contributed by atoms with Gasteiger partial charge in [0.05, 0.1) is 19.3 Å². The van der Waals surface area contributed by atoms with E-state index in [0.717, 1.165) is 0 Å². The van der Waals surface area contributed by atoms with Crippen LogP contribution in [-0.4, -0.2) is 26.4 Å². The van der Waals surface area contributed by atoms with Crippen molar-refractivity contribution in [2.45, 2.75) is 65.5 Å². The van der Waals surface area contributed by atoms with Crippen LogP contribution in [0, 0.1) is 6.92 Å². The third kappa shape index (κ3) is 2.74. The summed E-state index contributed by atoms with van der Waals surface area (Å²) in [6, 6.07) is 6.69. The van der Waals surface area contributed by atoms with Gasteiger partial charge in [0.15, 0.2) is 0 Å². The van der Waals surface area contributed by atoms with E-state index in [1.807, 2.05) is 0 Å². The van der Waals surface area contributed by atoms with E-state index in [4.69, 9.17) is 9.31 Å². The van der Waals surface area contributed by atoms with Crippen LogP contribution < -0.4 is 10.6 Å². The lowest BCUT2D eigenvalue weighted by Gasteiger charge is -2.32. The van der Waals surface area contributed by atoms with Crippen LogP contribution in [0.25, 0.3) is 0 Å². The standard InChI is InChI=1S/C16H27BO2Si/c1-12-9-10-14(20(6,7)8)13(11-12)17-18-15(2,3)16(4,5)19-17/h9-11H,1-8H3. The summed E-state index contributed by atoms with van der Waals surface area (Å²) in [5.41, 5.74) is 1.93. The number of hydrogen-bond donors (Lipinski definition) is 0. The molecule has 1 aliphatic rings. The average Bonchev–Trinajstić information content (AvgIpc) is 2.46. The smallest absolute Gasteiger partial charge is 0.399 e. The van der Waals surface area contributed by atoms with Crippen molar-refractivity contribution in [3.05, 3.63) is 23.8 Å². The van der Waals surface area contributed by atoms with Gasteiger partial charge in [0.1, 0.15) is 0 Å². The molecule has 0 saturated carbocycles. The van der Waals surface area contributed by atoms with Crippen molar-refractivity contribution < 1.29 is 9.31 Å². The molecule has 0 N–H and O–H groups in total. The van der Waals surface area contributed by atoms with Gasteiger partial charge in [-0.15, -0.1) is 0 Å². The van der Waals surface area contributed by atoms with Gasteiger partial charge in [-0.05, 0) is 40.1 Å². The molecule has 0 bridgehead atoms. The first-order valence-electron chi connectivity index (χ1n) is 7.41. The first kappa shape index (κ1) is 15.8. The predicted molar refractivity (Wildman–Crippen MR) is 89.9 cm³/mol. The van der Waals surface area contributed by atoms with Crippen molar-refractivity contribution >= 4 is 25.8 Å². The topological polar surface area (TPSA) is 18.5 Å². The van der Waals surface area contributed by atoms with Gasteiger partial charge in [0.25, 0.3) is 0 Å². The van der Waals surface area contributed by atoms with Gasteiger partial charge in [-0.1, -0.05) is 48.6 Å². The Labute approximate surface area is 125 Å². The quantitative estimate of drug-likeness (QED) is 0.780. The monoisotopic (exact) mass is 290 g/mol. The fourth-order valence-electron chi connectivity index (χ4n) is 2.53. The molecule has 0 aromatic heterocycles. The summed E-state index contributed by atoms with van der Waals surface area (Å²) in [6.07, 6.45) is 0. The van der Waals surface area contributed by atoms with Gasteiger partial charge in [-0.2, -0.15) is 0 Å². The second kappa shape index (κ2) is 4.72. The Hall–Kier alpha value is -0.578. The zero-order valence-corrected chi connectivity index (χ0v) is 15.1. The third-order valence-corrected chi connectivity index (χ3v) is 6.59. The van der Waals surface area contributed by atoms with Crippen LogP contribution in [0.15, 0.2) is 18.2 Å². The molecule has 4 heteroatoms. The molecule has 1 fully saturated rings. The second-order valence-corrected chi connectivity index (χ2v) is 13.0.